The molecule has 0 radical (unpaired) electrons. The van der Waals surface area contributed by atoms with Crippen molar-refractivity contribution in [3.05, 3.63) is 42.2 Å². The molecule has 9 heteroatoms. The van der Waals surface area contributed by atoms with Gasteiger partial charge >= 0.3 is 0 Å². The van der Waals surface area contributed by atoms with Gasteiger partial charge in [-0.05, 0) is 24.3 Å². The third kappa shape index (κ3) is 4.40. The first kappa shape index (κ1) is 20.0. The van der Waals surface area contributed by atoms with Crippen LogP contribution in [0.3, 0.4) is 0 Å². The van der Waals surface area contributed by atoms with Crippen molar-refractivity contribution in [2.45, 2.75) is 6.42 Å². The number of hydrogen-bond donors (Lipinski definition) is 3. The van der Waals surface area contributed by atoms with Gasteiger partial charge in [0.05, 0.1) is 26.8 Å². The predicted octanol–water partition coefficient (Wildman–Crippen LogP) is 2.35. The summed E-state index contributed by atoms with van der Waals surface area (Å²) in [7, 11) is 4.55. The number of rotatable bonds is 8. The number of amides is 2. The van der Waals surface area contributed by atoms with Crippen LogP contribution in [0.5, 0.6) is 17.2 Å². The van der Waals surface area contributed by atoms with Gasteiger partial charge in [0.1, 0.15) is 11.5 Å². The molecule has 3 N–H and O–H groups in total. The Morgan fingerprint density at radius 2 is 1.86 bits per heavy atom. The molecule has 29 heavy (non-hydrogen) atoms. The number of nitrogens with one attached hydrogen (secondary N) is 3. The maximum absolute atomic E-state index is 12.5. The number of hydrogen-bond acceptors (Lipinski definition) is 6. The van der Waals surface area contributed by atoms with E-state index >= 15 is 0 Å². The molecule has 2 heterocycles. The van der Waals surface area contributed by atoms with Gasteiger partial charge in [-0.2, -0.15) is 0 Å². The number of nitrogens with zero attached hydrogens (tertiary/aromatic N) is 1. The fraction of sp³-hybridized carbons (Fsp3) is 0.250. The van der Waals surface area contributed by atoms with E-state index in [2.05, 4.69) is 20.6 Å². The average molecular weight is 398 g/mol. The molecule has 0 aliphatic carbocycles. The van der Waals surface area contributed by atoms with Crippen LogP contribution in [-0.2, 0) is 4.79 Å². The summed E-state index contributed by atoms with van der Waals surface area (Å²) in [5, 5.41) is 6.11. The van der Waals surface area contributed by atoms with E-state index in [1.165, 1.54) is 21.3 Å². The van der Waals surface area contributed by atoms with Gasteiger partial charge in [0.25, 0.3) is 5.91 Å². The molecule has 0 bridgehead atoms. The van der Waals surface area contributed by atoms with Gasteiger partial charge in [0, 0.05) is 24.5 Å². The molecule has 0 fully saturated rings. The van der Waals surface area contributed by atoms with Crippen molar-refractivity contribution < 1.29 is 23.8 Å². The number of ether oxygens (including phenoxy) is 3. The maximum Gasteiger partial charge on any atom is 0.267 e. The Morgan fingerprint density at radius 1 is 1.07 bits per heavy atom. The molecule has 9 nitrogen and oxygen atoms in total. The molecule has 1 aromatic carbocycles. The van der Waals surface area contributed by atoms with Crippen LogP contribution in [0.2, 0.25) is 0 Å². The molecule has 0 atom stereocenters. The number of anilines is 1. The Labute approximate surface area is 167 Å². The summed E-state index contributed by atoms with van der Waals surface area (Å²) >= 11 is 0. The van der Waals surface area contributed by atoms with E-state index in [-0.39, 0.29) is 24.8 Å². The number of methoxy groups -OCH3 is 3. The first-order chi connectivity index (χ1) is 14.1. The maximum atomic E-state index is 12.5. The lowest BCUT2D eigenvalue weighted by Gasteiger charge is -2.12. The molecule has 152 valence electrons. The van der Waals surface area contributed by atoms with Gasteiger partial charge in [-0.1, -0.05) is 6.07 Å². The van der Waals surface area contributed by atoms with Gasteiger partial charge in [0.15, 0.2) is 11.5 Å². The van der Waals surface area contributed by atoms with Crippen LogP contribution in [0.1, 0.15) is 16.9 Å². The number of carbonyl (C=O) groups excluding carboxylic acids is 2. The van der Waals surface area contributed by atoms with Gasteiger partial charge in [-0.25, -0.2) is 4.98 Å². The van der Waals surface area contributed by atoms with Crippen LogP contribution in [0.15, 0.2) is 36.5 Å². The summed E-state index contributed by atoms with van der Waals surface area (Å²) in [6.45, 7) is 0.177. The molecule has 0 saturated carbocycles. The first-order valence-corrected chi connectivity index (χ1v) is 8.88. The molecule has 2 aromatic heterocycles. The Hall–Kier alpha value is -3.75. The van der Waals surface area contributed by atoms with Gasteiger partial charge < -0.3 is 29.8 Å². The third-order valence-electron chi connectivity index (χ3n) is 4.23. The highest BCUT2D eigenvalue weighted by Gasteiger charge is 2.19. The third-order valence-corrected chi connectivity index (χ3v) is 4.23. The van der Waals surface area contributed by atoms with Crippen LogP contribution < -0.4 is 24.8 Å². The minimum atomic E-state index is -0.341. The molecule has 2 amide bonds. The number of aromatic amines is 1. The fourth-order valence-electron chi connectivity index (χ4n) is 2.89. The lowest BCUT2D eigenvalue weighted by Crippen LogP contribution is -2.28. The van der Waals surface area contributed by atoms with E-state index in [1.807, 2.05) is 0 Å². The Bertz CT molecular complexity index is 1020. The molecule has 0 unspecified atom stereocenters. The van der Waals surface area contributed by atoms with Crippen LogP contribution in [0.25, 0.3) is 10.9 Å². The van der Waals surface area contributed by atoms with Crippen molar-refractivity contribution in [3.63, 3.8) is 0 Å². The molecule has 0 aliphatic rings. The summed E-state index contributed by atoms with van der Waals surface area (Å²) in [6.07, 6.45) is 1.71. The number of carbonyl (C=O) groups is 2. The lowest BCUT2D eigenvalue weighted by atomic mass is 10.2. The Morgan fingerprint density at radius 3 is 2.52 bits per heavy atom. The van der Waals surface area contributed by atoms with Crippen LogP contribution in [0.4, 0.5) is 5.82 Å². The molecule has 3 aromatic rings. The number of aromatic nitrogens is 2. The SMILES string of the molecule is COc1cc2cc(C(=O)NCCC(=O)Nc3ccccn3)[nH]c2c(OC)c1OC. The standard InChI is InChI=1S/C20H22N4O5/c1-27-14-11-12-10-13(23-17(12)19(29-3)18(14)28-2)20(26)22-9-7-16(25)24-15-6-4-5-8-21-15/h4-6,8,10-11,23H,7,9H2,1-3H3,(H,22,26)(H,21,24,25). The number of H-pyrrole nitrogens is 1. The summed E-state index contributed by atoms with van der Waals surface area (Å²) in [5.41, 5.74) is 0.946. The van der Waals surface area contributed by atoms with Crippen molar-refractivity contribution in [2.75, 3.05) is 33.2 Å². The van der Waals surface area contributed by atoms with Crippen molar-refractivity contribution >= 4 is 28.5 Å². The van der Waals surface area contributed by atoms with Crippen molar-refractivity contribution in [3.8, 4) is 17.2 Å². The van der Waals surface area contributed by atoms with E-state index in [0.29, 0.717) is 34.3 Å². The summed E-state index contributed by atoms with van der Waals surface area (Å²) in [6, 6.07) is 8.67. The quantitative estimate of drug-likeness (QED) is 0.537. The van der Waals surface area contributed by atoms with E-state index < -0.39 is 0 Å². The Balaban J connectivity index is 1.67. The van der Waals surface area contributed by atoms with Crippen molar-refractivity contribution in [1.82, 2.24) is 15.3 Å². The second kappa shape index (κ2) is 8.96. The molecule has 0 aliphatic heterocycles. The lowest BCUT2D eigenvalue weighted by molar-refractivity contribution is -0.116. The molecule has 0 saturated heterocycles. The Kier molecular flexibility index (Phi) is 6.18. The second-order valence-corrected chi connectivity index (χ2v) is 6.06. The normalized spacial score (nSPS) is 10.4. The highest BCUT2D eigenvalue weighted by molar-refractivity contribution is 6.01. The number of pyridine rings is 1. The molecular weight excluding hydrogens is 376 g/mol. The first-order valence-electron chi connectivity index (χ1n) is 8.88. The monoisotopic (exact) mass is 398 g/mol. The fourth-order valence-corrected chi connectivity index (χ4v) is 2.89. The molecule has 0 spiro atoms. The highest BCUT2D eigenvalue weighted by Crippen LogP contribution is 2.43. The number of fused-ring (bicyclic) bond motifs is 1. The van der Waals surface area contributed by atoms with Crippen LogP contribution >= 0.6 is 0 Å². The number of benzene rings is 1. The smallest absolute Gasteiger partial charge is 0.267 e. The van der Waals surface area contributed by atoms with Gasteiger partial charge in [-0.3, -0.25) is 9.59 Å². The molecule has 3 rings (SSSR count). The van der Waals surface area contributed by atoms with E-state index in [0.717, 1.165) is 5.39 Å². The summed E-state index contributed by atoms with van der Waals surface area (Å²) in [5.74, 6) is 1.25. The zero-order valence-corrected chi connectivity index (χ0v) is 16.4. The van der Waals surface area contributed by atoms with Crippen LogP contribution in [0, 0.1) is 0 Å². The summed E-state index contributed by atoms with van der Waals surface area (Å²) < 4.78 is 16.1. The predicted molar refractivity (Wildman–Crippen MR) is 108 cm³/mol. The largest absolute Gasteiger partial charge is 0.493 e. The minimum absolute atomic E-state index is 0.119. The van der Waals surface area contributed by atoms with Crippen LogP contribution in [-0.4, -0.2) is 49.7 Å². The van der Waals surface area contributed by atoms with Gasteiger partial charge in [-0.15, -0.1) is 0 Å². The second-order valence-electron chi connectivity index (χ2n) is 6.06. The van der Waals surface area contributed by atoms with Crippen molar-refractivity contribution in [2.24, 2.45) is 0 Å². The average Bonchev–Trinajstić information content (AvgIpc) is 3.16. The van der Waals surface area contributed by atoms with Gasteiger partial charge in [0.2, 0.25) is 11.7 Å². The summed E-state index contributed by atoms with van der Waals surface area (Å²) in [4.78, 5) is 31.5. The zero-order chi connectivity index (χ0) is 20.8. The van der Waals surface area contributed by atoms with E-state index in [1.54, 1.807) is 36.5 Å². The van der Waals surface area contributed by atoms with E-state index in [9.17, 15) is 9.59 Å². The zero-order valence-electron chi connectivity index (χ0n) is 16.4. The minimum Gasteiger partial charge on any atom is -0.493 e. The van der Waals surface area contributed by atoms with Crippen molar-refractivity contribution in [1.29, 1.82) is 0 Å². The topological polar surface area (TPSA) is 115 Å². The molecular formula is C20H22N4O5. The van der Waals surface area contributed by atoms with E-state index in [4.69, 9.17) is 14.2 Å². The highest BCUT2D eigenvalue weighted by atomic mass is 16.5.